The van der Waals surface area contributed by atoms with Gasteiger partial charge in [-0.05, 0) is 0 Å². The summed E-state index contributed by atoms with van der Waals surface area (Å²) in [6.07, 6.45) is -0.711. The molecule has 3 N–H and O–H groups in total. The summed E-state index contributed by atoms with van der Waals surface area (Å²) in [5.74, 6) is -0.691. The van der Waals surface area contributed by atoms with E-state index in [4.69, 9.17) is 9.79 Å². The van der Waals surface area contributed by atoms with Crippen molar-refractivity contribution < 1.29 is 23.9 Å². The molecule has 2 amide bonds. The molecule has 0 saturated carbocycles. The number of imide groups is 1. The Morgan fingerprint density at radius 1 is 1.55 bits per heavy atom. The molecule has 0 atom stereocenters. The smallest absolute Gasteiger partial charge is 0.324 e. The van der Waals surface area contributed by atoms with Gasteiger partial charge in [-0.1, -0.05) is 0 Å². The van der Waals surface area contributed by atoms with Crippen LogP contribution in [0.3, 0.4) is 0 Å². The van der Waals surface area contributed by atoms with Crippen LogP contribution >= 0.6 is 7.60 Å². The minimum Gasteiger partial charge on any atom is -0.324 e. The van der Waals surface area contributed by atoms with E-state index in [0.717, 1.165) is 0 Å². The zero-order valence-corrected chi connectivity index (χ0v) is 6.45. The van der Waals surface area contributed by atoms with Gasteiger partial charge >= 0.3 is 7.60 Å². The van der Waals surface area contributed by atoms with Crippen LogP contribution in [0.2, 0.25) is 0 Å². The summed E-state index contributed by atoms with van der Waals surface area (Å²) in [5.41, 5.74) is 0. The molecule has 0 aliphatic carbocycles. The molecule has 0 saturated heterocycles. The van der Waals surface area contributed by atoms with Crippen LogP contribution in [-0.2, 0) is 14.2 Å². The maximum absolute atomic E-state index is 10.4. The molecule has 0 aromatic heterocycles. The number of carbonyl (C=O) groups excluding carboxylic acids is 2. The van der Waals surface area contributed by atoms with Crippen LogP contribution in [0.15, 0.2) is 0 Å². The molecule has 6 nitrogen and oxygen atoms in total. The summed E-state index contributed by atoms with van der Waals surface area (Å²) < 4.78 is 10.2. The van der Waals surface area contributed by atoms with Crippen molar-refractivity contribution in [3.05, 3.63) is 0 Å². The van der Waals surface area contributed by atoms with Crippen LogP contribution in [0.5, 0.6) is 0 Å². The molecule has 0 aliphatic rings. The Hall–Kier alpha value is -0.710. The van der Waals surface area contributed by atoms with Crippen molar-refractivity contribution in [2.75, 3.05) is 6.16 Å². The van der Waals surface area contributed by atoms with Gasteiger partial charge in [0.05, 0.1) is 6.16 Å². The molecular formula is C4H8NO5P. The molecule has 0 heterocycles. The first-order valence-corrected chi connectivity index (χ1v) is 4.53. The fourth-order valence-corrected chi connectivity index (χ4v) is 0.879. The second-order valence-corrected chi connectivity index (χ2v) is 3.60. The summed E-state index contributed by atoms with van der Waals surface area (Å²) in [6.45, 7) is 0. The molecule has 64 valence electrons. The highest BCUT2D eigenvalue weighted by atomic mass is 31.2. The predicted molar refractivity (Wildman–Crippen MR) is 35.7 cm³/mol. The highest BCUT2D eigenvalue weighted by molar-refractivity contribution is 7.51. The zero-order valence-electron chi connectivity index (χ0n) is 5.56. The highest BCUT2D eigenvalue weighted by Crippen LogP contribution is 2.34. The molecule has 0 rings (SSSR count). The fourth-order valence-electron chi connectivity index (χ4n) is 0.385. The Balaban J connectivity index is 3.63. The van der Waals surface area contributed by atoms with Crippen molar-refractivity contribution in [3.63, 3.8) is 0 Å². The van der Waals surface area contributed by atoms with Crippen molar-refractivity contribution in [1.29, 1.82) is 0 Å². The maximum Gasteiger partial charge on any atom is 0.326 e. The van der Waals surface area contributed by atoms with Gasteiger partial charge in [-0.25, -0.2) is 0 Å². The first-order chi connectivity index (χ1) is 4.95. The van der Waals surface area contributed by atoms with Gasteiger partial charge in [0.2, 0.25) is 12.3 Å². The zero-order chi connectivity index (χ0) is 8.91. The molecule has 0 spiro atoms. The number of hydrogen-bond donors (Lipinski definition) is 3. The highest BCUT2D eigenvalue weighted by Gasteiger charge is 2.14. The Morgan fingerprint density at radius 3 is 2.45 bits per heavy atom. The monoisotopic (exact) mass is 181 g/mol. The van der Waals surface area contributed by atoms with Gasteiger partial charge in [0.1, 0.15) is 0 Å². The standard InChI is InChI=1S/C4H8NO5P/c6-3-5-4(7)1-2-11(8,9)10/h3H,1-2H2,(H,5,6,7)(H2,8,9,10). The van der Waals surface area contributed by atoms with Gasteiger partial charge in [0.15, 0.2) is 0 Å². The van der Waals surface area contributed by atoms with Crippen LogP contribution in [0.1, 0.15) is 6.42 Å². The Morgan fingerprint density at radius 2 is 2.09 bits per heavy atom. The van der Waals surface area contributed by atoms with Gasteiger partial charge in [0.25, 0.3) is 0 Å². The first-order valence-electron chi connectivity index (χ1n) is 2.73. The third kappa shape index (κ3) is 7.18. The fraction of sp³-hybridized carbons (Fsp3) is 0.500. The average Bonchev–Trinajstić information content (AvgIpc) is 1.83. The van der Waals surface area contributed by atoms with Crippen molar-refractivity contribution in [1.82, 2.24) is 5.32 Å². The molecule has 0 bridgehead atoms. The number of rotatable bonds is 4. The van der Waals surface area contributed by atoms with Gasteiger partial charge < -0.3 is 9.79 Å². The van der Waals surface area contributed by atoms with E-state index >= 15 is 0 Å². The van der Waals surface area contributed by atoms with E-state index in [9.17, 15) is 14.2 Å². The predicted octanol–water partition coefficient (Wildman–Crippen LogP) is -1.17. The molecule has 0 aliphatic heterocycles. The van der Waals surface area contributed by atoms with Gasteiger partial charge in [0, 0.05) is 6.42 Å². The van der Waals surface area contributed by atoms with Gasteiger partial charge in [-0.3, -0.25) is 19.5 Å². The topological polar surface area (TPSA) is 104 Å². The Labute approximate surface area is 62.8 Å². The summed E-state index contributed by atoms with van der Waals surface area (Å²) in [4.78, 5) is 36.6. The summed E-state index contributed by atoms with van der Waals surface area (Å²) >= 11 is 0. The first kappa shape index (κ1) is 10.3. The number of nitrogens with one attached hydrogen (secondary N) is 1. The van der Waals surface area contributed by atoms with Crippen LogP contribution in [0, 0.1) is 0 Å². The summed E-state index contributed by atoms with van der Waals surface area (Å²) in [5, 5.41) is 1.76. The third-order valence-electron chi connectivity index (χ3n) is 0.850. The summed E-state index contributed by atoms with van der Waals surface area (Å²) in [6, 6.07) is 0. The van der Waals surface area contributed by atoms with Gasteiger partial charge in [-0.2, -0.15) is 0 Å². The minimum atomic E-state index is -4.12. The van der Waals surface area contributed by atoms with Crippen molar-refractivity contribution in [2.45, 2.75) is 6.42 Å². The Kier molecular flexibility index (Phi) is 3.95. The molecule has 7 heteroatoms. The lowest BCUT2D eigenvalue weighted by molar-refractivity contribution is -0.124. The SMILES string of the molecule is O=CNC(=O)CCP(=O)(O)O. The van der Waals surface area contributed by atoms with E-state index in [0.29, 0.717) is 0 Å². The molecular weight excluding hydrogens is 173 g/mol. The number of amides is 2. The summed E-state index contributed by atoms with van der Waals surface area (Å²) in [7, 11) is -4.12. The average molecular weight is 181 g/mol. The molecule has 0 radical (unpaired) electrons. The molecule has 0 aromatic carbocycles. The van der Waals surface area contributed by atoms with Gasteiger partial charge in [-0.15, -0.1) is 0 Å². The maximum atomic E-state index is 10.4. The lowest BCUT2D eigenvalue weighted by Gasteiger charge is -2.00. The second-order valence-electron chi connectivity index (χ2n) is 1.82. The number of carbonyl (C=O) groups is 2. The molecule has 0 fully saturated rings. The van der Waals surface area contributed by atoms with Crippen molar-refractivity contribution in [2.24, 2.45) is 0 Å². The lowest BCUT2D eigenvalue weighted by Crippen LogP contribution is -2.21. The van der Waals surface area contributed by atoms with Crippen LogP contribution in [0.4, 0.5) is 0 Å². The number of hydrogen-bond acceptors (Lipinski definition) is 3. The van der Waals surface area contributed by atoms with Crippen molar-refractivity contribution in [3.8, 4) is 0 Å². The van der Waals surface area contributed by atoms with E-state index in [1.165, 1.54) is 0 Å². The quantitative estimate of drug-likeness (QED) is 0.374. The van der Waals surface area contributed by atoms with E-state index in [1.807, 2.05) is 0 Å². The second kappa shape index (κ2) is 4.23. The molecule has 0 aromatic rings. The third-order valence-corrected chi connectivity index (χ3v) is 1.66. The van der Waals surface area contributed by atoms with Crippen LogP contribution in [0.25, 0.3) is 0 Å². The van der Waals surface area contributed by atoms with Crippen LogP contribution < -0.4 is 5.32 Å². The minimum absolute atomic E-state index is 0.169. The van der Waals surface area contributed by atoms with Crippen LogP contribution in [-0.4, -0.2) is 28.3 Å². The lowest BCUT2D eigenvalue weighted by atomic mass is 10.5. The molecule has 0 unspecified atom stereocenters. The van der Waals surface area contributed by atoms with E-state index in [-0.39, 0.29) is 12.8 Å². The van der Waals surface area contributed by atoms with E-state index in [1.54, 1.807) is 5.32 Å². The Bertz CT molecular complexity index is 197. The molecule has 11 heavy (non-hydrogen) atoms. The largest absolute Gasteiger partial charge is 0.326 e. The van der Waals surface area contributed by atoms with Crippen molar-refractivity contribution >= 4 is 19.9 Å². The normalized spacial score (nSPS) is 10.7. The van der Waals surface area contributed by atoms with E-state index < -0.39 is 19.7 Å². The van der Waals surface area contributed by atoms with E-state index in [2.05, 4.69) is 0 Å².